The molecule has 0 spiro atoms. The first kappa shape index (κ1) is 21.3. The van der Waals surface area contributed by atoms with Gasteiger partial charge in [-0.3, -0.25) is 0 Å². The van der Waals surface area contributed by atoms with Crippen LogP contribution in [-0.4, -0.2) is 9.13 Å². The third-order valence-corrected chi connectivity index (χ3v) is 9.54. The van der Waals surface area contributed by atoms with Crippen LogP contribution in [0.4, 0.5) is 0 Å². The highest BCUT2D eigenvalue weighted by atomic mass is 32.1. The zero-order valence-electron chi connectivity index (χ0n) is 21.3. The number of benzene rings is 5. The molecule has 3 heteroatoms. The number of rotatable bonds is 2. The van der Waals surface area contributed by atoms with Crippen LogP contribution in [0.2, 0.25) is 0 Å². The molecule has 1 aliphatic carbocycles. The summed E-state index contributed by atoms with van der Waals surface area (Å²) < 4.78 is 7.56. The lowest BCUT2D eigenvalue weighted by Gasteiger charge is -2.13. The second-order valence-electron chi connectivity index (χ2n) is 10.5. The van der Waals surface area contributed by atoms with Gasteiger partial charge in [0.2, 0.25) is 0 Å². The molecule has 1 aliphatic rings. The van der Waals surface area contributed by atoms with E-state index in [-0.39, 0.29) is 0 Å². The van der Waals surface area contributed by atoms with Crippen molar-refractivity contribution in [2.24, 2.45) is 0 Å². The third kappa shape index (κ3) is 2.96. The van der Waals surface area contributed by atoms with E-state index in [9.17, 15) is 0 Å². The zero-order chi connectivity index (χ0) is 25.5. The lowest BCUT2D eigenvalue weighted by atomic mass is 10.0. The highest BCUT2D eigenvalue weighted by Crippen LogP contribution is 2.39. The quantitative estimate of drug-likeness (QED) is 0.216. The maximum absolute atomic E-state index is 2.45. The maximum Gasteiger partial charge on any atom is 0.0542 e. The van der Waals surface area contributed by atoms with Crippen molar-refractivity contribution in [1.29, 1.82) is 0 Å². The Morgan fingerprint density at radius 2 is 1.15 bits per heavy atom. The smallest absolute Gasteiger partial charge is 0.0542 e. The molecule has 0 fully saturated rings. The van der Waals surface area contributed by atoms with Gasteiger partial charge in [0.25, 0.3) is 0 Å². The summed E-state index contributed by atoms with van der Waals surface area (Å²) in [5.41, 5.74) is 8.96. The number of aryl methyl sites for hydroxylation is 1. The molecule has 3 heterocycles. The van der Waals surface area contributed by atoms with Gasteiger partial charge in [0.1, 0.15) is 0 Å². The number of hydrogen-bond acceptors (Lipinski definition) is 1. The van der Waals surface area contributed by atoms with Crippen molar-refractivity contribution in [3.63, 3.8) is 0 Å². The van der Waals surface area contributed by atoms with Gasteiger partial charge < -0.3 is 9.13 Å². The van der Waals surface area contributed by atoms with Crippen molar-refractivity contribution in [3.8, 4) is 11.4 Å². The summed E-state index contributed by atoms with van der Waals surface area (Å²) in [6, 6.07) is 40.3. The predicted octanol–water partition coefficient (Wildman–Crippen LogP) is 10.1. The average molecular weight is 517 g/mol. The fourth-order valence-corrected chi connectivity index (χ4v) is 7.78. The summed E-state index contributed by atoms with van der Waals surface area (Å²) in [5.74, 6) is 0. The van der Waals surface area contributed by atoms with Crippen LogP contribution in [0.25, 0.3) is 70.3 Å². The Hall–Kier alpha value is -4.60. The van der Waals surface area contributed by atoms with Crippen molar-refractivity contribution in [2.75, 3.05) is 0 Å². The van der Waals surface area contributed by atoms with Gasteiger partial charge >= 0.3 is 0 Å². The number of fused-ring (bicyclic) bond motifs is 9. The molecular formula is C36H24N2S. The van der Waals surface area contributed by atoms with Crippen LogP contribution < -0.4 is 0 Å². The largest absolute Gasteiger partial charge is 0.310 e. The van der Waals surface area contributed by atoms with Crippen LogP contribution in [0.15, 0.2) is 115 Å². The van der Waals surface area contributed by atoms with Crippen molar-refractivity contribution in [1.82, 2.24) is 9.13 Å². The Balaban J connectivity index is 1.33. The first-order valence-corrected chi connectivity index (χ1v) is 14.4. The van der Waals surface area contributed by atoms with E-state index < -0.39 is 0 Å². The second-order valence-corrected chi connectivity index (χ2v) is 11.6. The molecule has 0 aliphatic heterocycles. The topological polar surface area (TPSA) is 9.86 Å². The summed E-state index contributed by atoms with van der Waals surface area (Å²) in [7, 11) is 0. The SMILES string of the molecule is C1=Cc2c(c3ccccc3n2-c2ccc3c(c2)c2ccccc2n3-c2ccc3sc4ccccc4c3c2)CC1. The molecule has 5 aromatic carbocycles. The molecule has 0 amide bonds. The fourth-order valence-electron chi connectivity index (χ4n) is 6.70. The molecule has 39 heavy (non-hydrogen) atoms. The molecule has 0 unspecified atom stereocenters. The van der Waals surface area contributed by atoms with Crippen molar-refractivity contribution >= 4 is 70.3 Å². The van der Waals surface area contributed by atoms with E-state index in [1.807, 2.05) is 11.3 Å². The molecule has 0 saturated carbocycles. The van der Waals surface area contributed by atoms with Gasteiger partial charge in [0.15, 0.2) is 0 Å². The van der Waals surface area contributed by atoms with E-state index >= 15 is 0 Å². The minimum Gasteiger partial charge on any atom is -0.310 e. The van der Waals surface area contributed by atoms with Crippen LogP contribution >= 0.6 is 11.3 Å². The van der Waals surface area contributed by atoms with Crippen LogP contribution in [0, 0.1) is 0 Å². The molecule has 0 saturated heterocycles. The molecule has 8 aromatic rings. The zero-order valence-corrected chi connectivity index (χ0v) is 22.1. The number of hydrogen-bond donors (Lipinski definition) is 0. The Morgan fingerprint density at radius 1 is 0.513 bits per heavy atom. The lowest BCUT2D eigenvalue weighted by Crippen LogP contribution is -2.00. The molecule has 0 bridgehead atoms. The van der Waals surface area contributed by atoms with Crippen molar-refractivity contribution < 1.29 is 0 Å². The van der Waals surface area contributed by atoms with Crippen LogP contribution in [-0.2, 0) is 6.42 Å². The first-order valence-electron chi connectivity index (χ1n) is 13.6. The maximum atomic E-state index is 2.45. The van der Waals surface area contributed by atoms with Gasteiger partial charge in [0, 0.05) is 53.4 Å². The number of para-hydroxylation sites is 2. The minimum atomic E-state index is 1.10. The Morgan fingerprint density at radius 3 is 2.05 bits per heavy atom. The van der Waals surface area contributed by atoms with Gasteiger partial charge in [-0.15, -0.1) is 11.3 Å². The van der Waals surface area contributed by atoms with Gasteiger partial charge in [-0.05, 0) is 79.1 Å². The van der Waals surface area contributed by atoms with Gasteiger partial charge in [-0.25, -0.2) is 0 Å². The summed E-state index contributed by atoms with van der Waals surface area (Å²) >= 11 is 1.87. The normalized spacial score (nSPS) is 13.3. The summed E-state index contributed by atoms with van der Waals surface area (Å²) in [4.78, 5) is 0. The second kappa shape index (κ2) is 7.95. The fraction of sp³-hybridized carbons (Fsp3) is 0.0556. The number of thiophene rings is 1. The summed E-state index contributed by atoms with van der Waals surface area (Å²) in [5, 5.41) is 6.60. The average Bonchev–Trinajstić information content (AvgIpc) is 3.64. The van der Waals surface area contributed by atoms with E-state index in [0.717, 1.165) is 12.8 Å². The monoisotopic (exact) mass is 516 g/mol. The molecular weight excluding hydrogens is 492 g/mol. The minimum absolute atomic E-state index is 1.10. The molecule has 3 aromatic heterocycles. The summed E-state index contributed by atoms with van der Waals surface area (Å²) in [6.07, 6.45) is 6.83. The van der Waals surface area contributed by atoms with Gasteiger partial charge in [0.05, 0.1) is 16.6 Å². The van der Waals surface area contributed by atoms with Crippen molar-refractivity contribution in [3.05, 3.63) is 127 Å². The van der Waals surface area contributed by atoms with Crippen LogP contribution in [0.3, 0.4) is 0 Å². The van der Waals surface area contributed by atoms with Crippen LogP contribution in [0.1, 0.15) is 17.7 Å². The van der Waals surface area contributed by atoms with E-state index in [0.29, 0.717) is 0 Å². The molecule has 0 atom stereocenters. The third-order valence-electron chi connectivity index (χ3n) is 8.39. The van der Waals surface area contributed by atoms with E-state index in [2.05, 4.69) is 130 Å². The van der Waals surface area contributed by atoms with Crippen molar-refractivity contribution in [2.45, 2.75) is 12.8 Å². The van der Waals surface area contributed by atoms with Crippen LogP contribution in [0.5, 0.6) is 0 Å². The summed E-state index contributed by atoms with van der Waals surface area (Å²) in [6.45, 7) is 0. The standard InChI is InChI=1S/C36H24N2S/c1-5-13-31-25(9-1)26-10-2-6-14-32(26)37(31)23-17-19-34-29(21-23)27-11-3-7-15-33(27)38(34)24-18-20-36-30(22-24)28-12-4-8-16-35(28)39-36/h1,3-9,11-22H,2,10H2. The molecule has 0 radical (unpaired) electrons. The molecule has 184 valence electrons. The Labute approximate surface area is 229 Å². The predicted molar refractivity (Wildman–Crippen MR) is 168 cm³/mol. The first-order chi connectivity index (χ1) is 19.3. The van der Waals surface area contributed by atoms with E-state index in [1.165, 1.54) is 75.5 Å². The highest BCUT2D eigenvalue weighted by Gasteiger charge is 2.20. The van der Waals surface area contributed by atoms with Gasteiger partial charge in [-0.1, -0.05) is 60.7 Å². The molecule has 0 N–H and O–H groups in total. The Kier molecular flexibility index (Phi) is 4.35. The van der Waals surface area contributed by atoms with E-state index in [1.54, 1.807) is 0 Å². The van der Waals surface area contributed by atoms with E-state index in [4.69, 9.17) is 0 Å². The number of aromatic nitrogens is 2. The molecule has 2 nitrogen and oxygen atoms in total. The number of nitrogens with zero attached hydrogens (tertiary/aromatic N) is 2. The van der Waals surface area contributed by atoms with Gasteiger partial charge in [-0.2, -0.15) is 0 Å². The number of allylic oxidation sites excluding steroid dienone is 1. The highest BCUT2D eigenvalue weighted by molar-refractivity contribution is 7.25. The Bertz CT molecular complexity index is 2290. The molecule has 9 rings (SSSR count). The lowest BCUT2D eigenvalue weighted by molar-refractivity contribution is 0.968.